The minimum atomic E-state index is 0.850. The van der Waals surface area contributed by atoms with Gasteiger partial charge in [0.05, 0.1) is 0 Å². The molecule has 1 unspecified atom stereocenters. The topological polar surface area (TPSA) is 18.5 Å². The van der Waals surface area contributed by atoms with Crippen LogP contribution in [-0.4, -0.2) is 62.2 Å². The summed E-state index contributed by atoms with van der Waals surface area (Å²) in [5, 5.41) is 3.41. The molecule has 1 N–H and O–H groups in total. The SMILES string of the molecule is CCC(C1CC1)N(C)CCN1CCNCC1. The van der Waals surface area contributed by atoms with E-state index < -0.39 is 0 Å². The fourth-order valence-corrected chi connectivity index (χ4v) is 2.89. The maximum Gasteiger partial charge on any atom is 0.0118 e. The third kappa shape index (κ3) is 3.44. The Kier molecular flexibility index (Phi) is 4.62. The van der Waals surface area contributed by atoms with E-state index in [1.54, 1.807) is 0 Å². The lowest BCUT2D eigenvalue weighted by atomic mass is 10.1. The second kappa shape index (κ2) is 5.99. The monoisotopic (exact) mass is 225 g/mol. The number of rotatable bonds is 6. The summed E-state index contributed by atoms with van der Waals surface area (Å²) in [6.07, 6.45) is 4.26. The molecule has 1 saturated carbocycles. The number of nitrogens with zero attached hydrogens (tertiary/aromatic N) is 2. The highest BCUT2D eigenvalue weighted by Gasteiger charge is 2.32. The fraction of sp³-hybridized carbons (Fsp3) is 1.00. The van der Waals surface area contributed by atoms with Crippen molar-refractivity contribution in [3.05, 3.63) is 0 Å². The molecule has 1 atom stereocenters. The van der Waals surface area contributed by atoms with E-state index in [2.05, 4.69) is 29.1 Å². The van der Waals surface area contributed by atoms with Gasteiger partial charge in [-0.3, -0.25) is 4.90 Å². The molecule has 0 spiro atoms. The first-order chi connectivity index (χ1) is 7.81. The minimum absolute atomic E-state index is 0.850. The molecule has 1 aliphatic carbocycles. The van der Waals surface area contributed by atoms with E-state index in [1.165, 1.54) is 58.5 Å². The highest BCUT2D eigenvalue weighted by molar-refractivity contribution is 4.86. The number of likely N-dealkylation sites (N-methyl/N-ethyl adjacent to an activating group) is 1. The van der Waals surface area contributed by atoms with E-state index in [0.717, 1.165) is 12.0 Å². The summed E-state index contributed by atoms with van der Waals surface area (Å²) < 4.78 is 0. The first kappa shape index (κ1) is 12.3. The van der Waals surface area contributed by atoms with Gasteiger partial charge in [0.1, 0.15) is 0 Å². The van der Waals surface area contributed by atoms with Crippen LogP contribution >= 0.6 is 0 Å². The molecule has 0 aromatic heterocycles. The number of piperazine rings is 1. The lowest BCUT2D eigenvalue weighted by Crippen LogP contribution is -2.47. The van der Waals surface area contributed by atoms with Gasteiger partial charge in [0, 0.05) is 45.3 Å². The molecule has 2 rings (SSSR count). The summed E-state index contributed by atoms with van der Waals surface area (Å²) in [5.41, 5.74) is 0. The number of hydrogen-bond donors (Lipinski definition) is 1. The van der Waals surface area contributed by atoms with Crippen LogP contribution in [0.25, 0.3) is 0 Å². The lowest BCUT2D eigenvalue weighted by molar-refractivity contribution is 0.163. The molecule has 16 heavy (non-hydrogen) atoms. The Morgan fingerprint density at radius 3 is 2.56 bits per heavy atom. The van der Waals surface area contributed by atoms with E-state index in [9.17, 15) is 0 Å². The van der Waals surface area contributed by atoms with Gasteiger partial charge < -0.3 is 10.2 Å². The summed E-state index contributed by atoms with van der Waals surface area (Å²) in [6, 6.07) is 0.850. The van der Waals surface area contributed by atoms with Gasteiger partial charge in [-0.25, -0.2) is 0 Å². The maximum absolute atomic E-state index is 3.41. The van der Waals surface area contributed by atoms with Crippen molar-refractivity contribution in [1.29, 1.82) is 0 Å². The molecule has 1 heterocycles. The second-order valence-electron chi connectivity index (χ2n) is 5.39. The van der Waals surface area contributed by atoms with Crippen LogP contribution in [0.15, 0.2) is 0 Å². The predicted octanol–water partition coefficient (Wildman–Crippen LogP) is 1.01. The van der Waals surface area contributed by atoms with Crippen LogP contribution in [0.2, 0.25) is 0 Å². The van der Waals surface area contributed by atoms with Crippen molar-refractivity contribution in [3.8, 4) is 0 Å². The highest BCUT2D eigenvalue weighted by atomic mass is 15.2. The summed E-state index contributed by atoms with van der Waals surface area (Å²) in [4.78, 5) is 5.19. The van der Waals surface area contributed by atoms with Crippen LogP contribution < -0.4 is 5.32 Å². The Balaban J connectivity index is 1.67. The van der Waals surface area contributed by atoms with E-state index in [4.69, 9.17) is 0 Å². The van der Waals surface area contributed by atoms with Crippen molar-refractivity contribution < 1.29 is 0 Å². The van der Waals surface area contributed by atoms with Gasteiger partial charge in [-0.1, -0.05) is 6.92 Å². The van der Waals surface area contributed by atoms with E-state index in [0.29, 0.717) is 0 Å². The van der Waals surface area contributed by atoms with Crippen molar-refractivity contribution >= 4 is 0 Å². The molecule has 2 aliphatic rings. The lowest BCUT2D eigenvalue weighted by Gasteiger charge is -2.32. The quantitative estimate of drug-likeness (QED) is 0.728. The van der Waals surface area contributed by atoms with Crippen molar-refractivity contribution in [3.63, 3.8) is 0 Å². The first-order valence-corrected chi connectivity index (χ1v) is 6.94. The Bertz CT molecular complexity index is 197. The van der Waals surface area contributed by atoms with Crippen LogP contribution in [0.4, 0.5) is 0 Å². The highest BCUT2D eigenvalue weighted by Crippen LogP contribution is 2.36. The predicted molar refractivity (Wildman–Crippen MR) is 68.7 cm³/mol. The van der Waals surface area contributed by atoms with Crippen molar-refractivity contribution in [2.45, 2.75) is 32.2 Å². The average Bonchev–Trinajstić information content (AvgIpc) is 3.13. The molecule has 0 bridgehead atoms. The fourth-order valence-electron chi connectivity index (χ4n) is 2.89. The Hall–Kier alpha value is -0.120. The first-order valence-electron chi connectivity index (χ1n) is 6.94. The molecule has 0 aromatic rings. The van der Waals surface area contributed by atoms with Crippen LogP contribution in [0.5, 0.6) is 0 Å². The van der Waals surface area contributed by atoms with Crippen LogP contribution in [-0.2, 0) is 0 Å². The molecular weight excluding hydrogens is 198 g/mol. The largest absolute Gasteiger partial charge is 0.314 e. The van der Waals surface area contributed by atoms with Gasteiger partial charge in [-0.2, -0.15) is 0 Å². The van der Waals surface area contributed by atoms with Gasteiger partial charge in [0.25, 0.3) is 0 Å². The van der Waals surface area contributed by atoms with Crippen molar-refractivity contribution in [1.82, 2.24) is 15.1 Å². The van der Waals surface area contributed by atoms with Crippen LogP contribution in [0.1, 0.15) is 26.2 Å². The number of hydrogen-bond acceptors (Lipinski definition) is 3. The van der Waals surface area contributed by atoms with Gasteiger partial charge in [0.2, 0.25) is 0 Å². The maximum atomic E-state index is 3.41. The second-order valence-corrected chi connectivity index (χ2v) is 5.39. The van der Waals surface area contributed by atoms with E-state index >= 15 is 0 Å². The molecule has 1 aliphatic heterocycles. The standard InChI is InChI=1S/C13H27N3/c1-3-13(12-4-5-12)15(2)10-11-16-8-6-14-7-9-16/h12-14H,3-11H2,1-2H3. The van der Waals surface area contributed by atoms with Gasteiger partial charge in [-0.05, 0) is 32.2 Å². The van der Waals surface area contributed by atoms with E-state index in [-0.39, 0.29) is 0 Å². The van der Waals surface area contributed by atoms with Crippen molar-refractivity contribution in [2.24, 2.45) is 5.92 Å². The Morgan fingerprint density at radius 2 is 2.00 bits per heavy atom. The van der Waals surface area contributed by atoms with Gasteiger partial charge in [0.15, 0.2) is 0 Å². The van der Waals surface area contributed by atoms with E-state index in [1.807, 2.05) is 0 Å². The average molecular weight is 225 g/mol. The Labute approximate surface area is 100 Å². The third-order valence-electron chi connectivity index (χ3n) is 4.13. The molecule has 0 aromatic carbocycles. The minimum Gasteiger partial charge on any atom is -0.314 e. The number of nitrogens with one attached hydrogen (secondary N) is 1. The molecule has 2 fully saturated rings. The molecule has 3 nitrogen and oxygen atoms in total. The summed E-state index contributed by atoms with van der Waals surface area (Å²) in [7, 11) is 2.31. The zero-order chi connectivity index (χ0) is 11.4. The van der Waals surface area contributed by atoms with Gasteiger partial charge >= 0.3 is 0 Å². The molecule has 3 heteroatoms. The Morgan fingerprint density at radius 1 is 1.31 bits per heavy atom. The summed E-state index contributed by atoms with van der Waals surface area (Å²) in [6.45, 7) is 9.63. The summed E-state index contributed by atoms with van der Waals surface area (Å²) in [5.74, 6) is 1.01. The van der Waals surface area contributed by atoms with Crippen LogP contribution in [0, 0.1) is 5.92 Å². The van der Waals surface area contributed by atoms with Gasteiger partial charge in [-0.15, -0.1) is 0 Å². The normalized spacial score (nSPS) is 24.9. The molecule has 0 amide bonds. The summed E-state index contributed by atoms with van der Waals surface area (Å²) >= 11 is 0. The molecular formula is C13H27N3. The van der Waals surface area contributed by atoms with Crippen molar-refractivity contribution in [2.75, 3.05) is 46.3 Å². The zero-order valence-corrected chi connectivity index (χ0v) is 10.9. The zero-order valence-electron chi connectivity index (χ0n) is 10.9. The smallest absolute Gasteiger partial charge is 0.0118 e. The third-order valence-corrected chi connectivity index (χ3v) is 4.13. The molecule has 0 radical (unpaired) electrons. The molecule has 1 saturated heterocycles. The molecule has 94 valence electrons. The van der Waals surface area contributed by atoms with Crippen LogP contribution in [0.3, 0.4) is 0 Å².